The van der Waals surface area contributed by atoms with E-state index >= 15 is 0 Å². The molecule has 1 aromatic carbocycles. The lowest BCUT2D eigenvalue weighted by Gasteiger charge is -2.11. The summed E-state index contributed by atoms with van der Waals surface area (Å²) in [6.45, 7) is -0.245. The van der Waals surface area contributed by atoms with Crippen LogP contribution in [0.2, 0.25) is 10.0 Å². The van der Waals surface area contributed by atoms with Gasteiger partial charge in [0.1, 0.15) is 5.75 Å². The average Bonchev–Trinajstić information content (AvgIpc) is 2.97. The first-order valence-electron chi connectivity index (χ1n) is 7.20. The van der Waals surface area contributed by atoms with Gasteiger partial charge in [0.05, 0.1) is 5.02 Å². The van der Waals surface area contributed by atoms with Crippen LogP contribution in [0.15, 0.2) is 18.2 Å². The molecular formula is C15H18Cl2N2O3. The molecule has 1 aromatic rings. The maximum absolute atomic E-state index is 11.7. The van der Waals surface area contributed by atoms with Crippen molar-refractivity contribution in [3.05, 3.63) is 28.2 Å². The van der Waals surface area contributed by atoms with Crippen LogP contribution in [0.1, 0.15) is 32.1 Å². The number of rotatable bonds is 5. The van der Waals surface area contributed by atoms with Crippen LogP contribution < -0.4 is 15.6 Å². The predicted octanol–water partition coefficient (Wildman–Crippen LogP) is 3.10. The third-order valence-corrected chi connectivity index (χ3v) is 4.07. The lowest BCUT2D eigenvalue weighted by molar-refractivity contribution is -0.130. The summed E-state index contributed by atoms with van der Waals surface area (Å²) in [7, 11) is 0. The summed E-state index contributed by atoms with van der Waals surface area (Å²) in [5, 5.41) is 0.812. The molecule has 22 heavy (non-hydrogen) atoms. The molecule has 0 spiro atoms. The van der Waals surface area contributed by atoms with Gasteiger partial charge in [-0.1, -0.05) is 36.0 Å². The fourth-order valence-corrected chi connectivity index (χ4v) is 2.90. The van der Waals surface area contributed by atoms with Crippen LogP contribution in [0.5, 0.6) is 5.75 Å². The monoisotopic (exact) mass is 344 g/mol. The van der Waals surface area contributed by atoms with E-state index in [0.29, 0.717) is 28.1 Å². The number of benzene rings is 1. The molecule has 1 aliphatic rings. The minimum Gasteiger partial charge on any atom is -0.482 e. The maximum Gasteiger partial charge on any atom is 0.276 e. The van der Waals surface area contributed by atoms with E-state index in [0.717, 1.165) is 12.8 Å². The van der Waals surface area contributed by atoms with E-state index in [1.165, 1.54) is 18.9 Å². The number of hydrogen-bond acceptors (Lipinski definition) is 3. The average molecular weight is 345 g/mol. The number of nitrogens with one attached hydrogen (secondary N) is 2. The highest BCUT2D eigenvalue weighted by Gasteiger charge is 2.18. The molecule has 7 heteroatoms. The quantitative estimate of drug-likeness (QED) is 0.806. The van der Waals surface area contributed by atoms with Gasteiger partial charge >= 0.3 is 0 Å². The molecule has 0 bridgehead atoms. The van der Waals surface area contributed by atoms with Crippen molar-refractivity contribution in [3.63, 3.8) is 0 Å². The van der Waals surface area contributed by atoms with Gasteiger partial charge in [-0.05, 0) is 37.0 Å². The van der Waals surface area contributed by atoms with Crippen LogP contribution in [-0.4, -0.2) is 18.4 Å². The van der Waals surface area contributed by atoms with E-state index in [9.17, 15) is 9.59 Å². The van der Waals surface area contributed by atoms with Gasteiger partial charge in [0.25, 0.3) is 5.91 Å². The number of hydrazine groups is 1. The molecule has 0 aliphatic heterocycles. The molecule has 0 radical (unpaired) electrons. The van der Waals surface area contributed by atoms with Crippen LogP contribution >= 0.6 is 23.2 Å². The molecule has 0 saturated heterocycles. The fourth-order valence-electron chi connectivity index (χ4n) is 2.44. The summed E-state index contributed by atoms with van der Waals surface area (Å²) in [6, 6.07) is 4.72. The SMILES string of the molecule is O=C(COc1ccc(Cl)cc1Cl)NNC(=O)CC1CCCC1. The molecule has 2 amide bonds. The maximum atomic E-state index is 11.7. The molecule has 0 atom stereocenters. The minimum atomic E-state index is -0.453. The van der Waals surface area contributed by atoms with Crippen molar-refractivity contribution in [1.29, 1.82) is 0 Å². The molecule has 2 rings (SSSR count). The first-order chi connectivity index (χ1) is 10.5. The van der Waals surface area contributed by atoms with Crippen molar-refractivity contribution in [2.75, 3.05) is 6.61 Å². The van der Waals surface area contributed by atoms with Gasteiger partial charge in [-0.2, -0.15) is 0 Å². The zero-order valence-electron chi connectivity index (χ0n) is 12.0. The molecule has 0 aromatic heterocycles. The van der Waals surface area contributed by atoms with Crippen LogP contribution in [0.25, 0.3) is 0 Å². The number of hydrogen-bond donors (Lipinski definition) is 2. The number of carbonyl (C=O) groups excluding carboxylic acids is 2. The Morgan fingerprint density at radius 3 is 2.50 bits per heavy atom. The van der Waals surface area contributed by atoms with Gasteiger partial charge in [0, 0.05) is 11.4 Å². The Kier molecular flexibility index (Phi) is 6.34. The Balaban J connectivity index is 1.68. The van der Waals surface area contributed by atoms with E-state index in [1.807, 2.05) is 0 Å². The third kappa shape index (κ3) is 5.39. The van der Waals surface area contributed by atoms with Crippen molar-refractivity contribution >= 4 is 35.0 Å². The highest BCUT2D eigenvalue weighted by molar-refractivity contribution is 6.35. The summed E-state index contributed by atoms with van der Waals surface area (Å²) in [5.41, 5.74) is 4.72. The normalized spacial score (nSPS) is 14.6. The number of halogens is 2. The summed E-state index contributed by atoms with van der Waals surface area (Å²) in [6.07, 6.45) is 4.98. The van der Waals surface area contributed by atoms with Gasteiger partial charge in [-0.15, -0.1) is 0 Å². The lowest BCUT2D eigenvalue weighted by Crippen LogP contribution is -2.44. The molecule has 0 heterocycles. The van der Waals surface area contributed by atoms with Gasteiger partial charge in [-0.25, -0.2) is 0 Å². The van der Waals surface area contributed by atoms with Gasteiger partial charge in [-0.3, -0.25) is 20.4 Å². The summed E-state index contributed by atoms with van der Waals surface area (Å²) in [5.74, 6) is 0.162. The molecule has 1 fully saturated rings. The van der Waals surface area contributed by atoms with Crippen LogP contribution in [0, 0.1) is 5.92 Å². The van der Waals surface area contributed by atoms with Crippen molar-refractivity contribution < 1.29 is 14.3 Å². The van der Waals surface area contributed by atoms with Crippen molar-refractivity contribution in [1.82, 2.24) is 10.9 Å². The van der Waals surface area contributed by atoms with E-state index in [4.69, 9.17) is 27.9 Å². The fraction of sp³-hybridized carbons (Fsp3) is 0.467. The Morgan fingerprint density at radius 2 is 1.82 bits per heavy atom. The zero-order valence-corrected chi connectivity index (χ0v) is 13.5. The Morgan fingerprint density at radius 1 is 1.14 bits per heavy atom. The third-order valence-electron chi connectivity index (χ3n) is 3.54. The summed E-state index contributed by atoms with van der Waals surface area (Å²) in [4.78, 5) is 23.3. The van der Waals surface area contributed by atoms with Crippen molar-refractivity contribution in [3.8, 4) is 5.75 Å². The largest absolute Gasteiger partial charge is 0.482 e. The first kappa shape index (κ1) is 16.9. The van der Waals surface area contributed by atoms with E-state index < -0.39 is 5.91 Å². The number of ether oxygens (including phenoxy) is 1. The molecule has 2 N–H and O–H groups in total. The molecule has 1 saturated carbocycles. The lowest BCUT2D eigenvalue weighted by atomic mass is 10.0. The van der Waals surface area contributed by atoms with Crippen molar-refractivity contribution in [2.24, 2.45) is 5.92 Å². The Hall–Kier alpha value is -1.46. The molecule has 0 unspecified atom stereocenters. The number of amides is 2. The topological polar surface area (TPSA) is 67.4 Å². The molecular weight excluding hydrogens is 327 g/mol. The highest BCUT2D eigenvalue weighted by Crippen LogP contribution is 2.28. The van der Waals surface area contributed by atoms with E-state index in [1.54, 1.807) is 12.1 Å². The van der Waals surface area contributed by atoms with Gasteiger partial charge in [0.2, 0.25) is 5.91 Å². The highest BCUT2D eigenvalue weighted by atomic mass is 35.5. The Bertz CT molecular complexity index is 546. The second kappa shape index (κ2) is 8.25. The number of carbonyl (C=O) groups is 2. The molecule has 1 aliphatic carbocycles. The van der Waals surface area contributed by atoms with Crippen LogP contribution in [-0.2, 0) is 9.59 Å². The van der Waals surface area contributed by atoms with Crippen LogP contribution in [0.4, 0.5) is 0 Å². The predicted molar refractivity (Wildman–Crippen MR) is 84.8 cm³/mol. The summed E-state index contributed by atoms with van der Waals surface area (Å²) >= 11 is 11.7. The van der Waals surface area contributed by atoms with E-state index in [-0.39, 0.29) is 12.5 Å². The standard InChI is InChI=1S/C15H18Cl2N2O3/c16-11-5-6-13(12(17)8-11)22-9-15(21)19-18-14(20)7-10-3-1-2-4-10/h5-6,8,10H,1-4,7,9H2,(H,18,20)(H,19,21). The van der Waals surface area contributed by atoms with Crippen molar-refractivity contribution in [2.45, 2.75) is 32.1 Å². The second-order valence-electron chi connectivity index (χ2n) is 5.31. The van der Waals surface area contributed by atoms with Gasteiger partial charge in [0.15, 0.2) is 6.61 Å². The molecule has 120 valence electrons. The minimum absolute atomic E-state index is 0.176. The molecule has 5 nitrogen and oxygen atoms in total. The smallest absolute Gasteiger partial charge is 0.276 e. The first-order valence-corrected chi connectivity index (χ1v) is 7.95. The van der Waals surface area contributed by atoms with Gasteiger partial charge < -0.3 is 4.74 Å². The Labute approximate surface area is 139 Å². The van der Waals surface area contributed by atoms with Crippen LogP contribution in [0.3, 0.4) is 0 Å². The second-order valence-corrected chi connectivity index (χ2v) is 6.16. The zero-order chi connectivity index (χ0) is 15.9. The summed E-state index contributed by atoms with van der Waals surface area (Å²) < 4.78 is 5.27. The van der Waals surface area contributed by atoms with E-state index in [2.05, 4.69) is 10.9 Å².